The van der Waals surface area contributed by atoms with Gasteiger partial charge in [0.05, 0.1) is 17.2 Å². The molecule has 1 unspecified atom stereocenters. The van der Waals surface area contributed by atoms with Crippen LogP contribution in [0.1, 0.15) is 40.4 Å². The van der Waals surface area contributed by atoms with Crippen LogP contribution in [0.2, 0.25) is 5.02 Å². The highest BCUT2D eigenvalue weighted by Crippen LogP contribution is 2.33. The molecule has 0 fully saturated rings. The van der Waals surface area contributed by atoms with Gasteiger partial charge in [0.15, 0.2) is 5.78 Å². The van der Waals surface area contributed by atoms with Crippen molar-refractivity contribution in [2.24, 2.45) is 0 Å². The van der Waals surface area contributed by atoms with E-state index in [0.29, 0.717) is 11.4 Å². The van der Waals surface area contributed by atoms with E-state index in [1.54, 1.807) is 12.3 Å². The van der Waals surface area contributed by atoms with Crippen molar-refractivity contribution in [1.82, 2.24) is 4.98 Å². The largest absolute Gasteiger partial charge is 0.293 e. The van der Waals surface area contributed by atoms with Crippen molar-refractivity contribution < 1.29 is 9.18 Å². The number of carbonyl (C=O) groups is 1. The second-order valence-electron chi connectivity index (χ2n) is 4.98. The van der Waals surface area contributed by atoms with Gasteiger partial charge in [-0.15, -0.1) is 0 Å². The van der Waals surface area contributed by atoms with E-state index in [1.165, 1.54) is 12.1 Å². The zero-order valence-electron chi connectivity index (χ0n) is 10.8. The number of aryl methyl sites for hydroxylation is 1. The molecule has 0 saturated heterocycles. The molecular weight excluding hydrogens is 277 g/mol. The number of ketones is 1. The molecule has 1 aliphatic carbocycles. The van der Waals surface area contributed by atoms with Crippen LogP contribution in [0.3, 0.4) is 0 Å². The molecule has 0 saturated carbocycles. The van der Waals surface area contributed by atoms with E-state index >= 15 is 0 Å². The number of hydrogen-bond donors (Lipinski definition) is 0. The molecule has 1 aromatic heterocycles. The Morgan fingerprint density at radius 3 is 3.00 bits per heavy atom. The SMILES string of the molecule is O=C(c1ccc(Cl)cc1F)C1CCCc2cccnc21. The molecule has 1 aliphatic rings. The standard InChI is InChI=1S/C16H13ClFNO/c17-11-6-7-12(14(18)9-11)16(20)13-5-1-3-10-4-2-8-19-15(10)13/h2,4,6-9,13H,1,3,5H2. The number of aromatic nitrogens is 1. The zero-order valence-corrected chi connectivity index (χ0v) is 11.5. The quantitative estimate of drug-likeness (QED) is 0.777. The Bertz CT molecular complexity index is 671. The van der Waals surface area contributed by atoms with Gasteiger partial charge in [0.25, 0.3) is 0 Å². The molecule has 3 rings (SSSR count). The Morgan fingerprint density at radius 2 is 2.20 bits per heavy atom. The summed E-state index contributed by atoms with van der Waals surface area (Å²) >= 11 is 5.72. The highest BCUT2D eigenvalue weighted by Gasteiger charge is 2.29. The second-order valence-corrected chi connectivity index (χ2v) is 5.42. The number of rotatable bonds is 2. The van der Waals surface area contributed by atoms with E-state index in [4.69, 9.17) is 11.6 Å². The Balaban J connectivity index is 2.00. The maximum Gasteiger partial charge on any atom is 0.174 e. The first kappa shape index (κ1) is 13.3. The van der Waals surface area contributed by atoms with Crippen LogP contribution in [-0.4, -0.2) is 10.8 Å². The Labute approximate surface area is 121 Å². The van der Waals surface area contributed by atoms with Crippen molar-refractivity contribution in [3.63, 3.8) is 0 Å². The number of pyridine rings is 1. The molecule has 0 N–H and O–H groups in total. The molecule has 0 bridgehead atoms. The maximum absolute atomic E-state index is 13.9. The summed E-state index contributed by atoms with van der Waals surface area (Å²) < 4.78 is 13.9. The minimum absolute atomic E-state index is 0.0953. The summed E-state index contributed by atoms with van der Waals surface area (Å²) in [5.74, 6) is -1.13. The predicted molar refractivity (Wildman–Crippen MR) is 75.7 cm³/mol. The normalized spacial score (nSPS) is 17.6. The van der Waals surface area contributed by atoms with E-state index in [2.05, 4.69) is 4.98 Å². The predicted octanol–water partition coefficient (Wildman–Crippen LogP) is 4.18. The first-order valence-corrected chi connectivity index (χ1v) is 6.97. The van der Waals surface area contributed by atoms with E-state index in [0.717, 1.165) is 24.1 Å². The number of halogens is 2. The minimum Gasteiger partial charge on any atom is -0.293 e. The number of Topliss-reactive ketones (excluding diaryl/α,β-unsaturated/α-hetero) is 1. The lowest BCUT2D eigenvalue weighted by molar-refractivity contribution is 0.0945. The van der Waals surface area contributed by atoms with Crippen LogP contribution in [0, 0.1) is 5.82 Å². The average Bonchev–Trinajstić information content (AvgIpc) is 2.46. The van der Waals surface area contributed by atoms with Gasteiger partial charge in [0.2, 0.25) is 0 Å². The summed E-state index contributed by atoms with van der Waals surface area (Å²) in [5, 5.41) is 0.293. The summed E-state index contributed by atoms with van der Waals surface area (Å²) in [4.78, 5) is 16.9. The number of fused-ring (bicyclic) bond motifs is 1. The summed E-state index contributed by atoms with van der Waals surface area (Å²) in [6.45, 7) is 0. The Hall–Kier alpha value is -1.74. The van der Waals surface area contributed by atoms with Gasteiger partial charge < -0.3 is 0 Å². The molecule has 2 nitrogen and oxygen atoms in total. The minimum atomic E-state index is -0.564. The van der Waals surface area contributed by atoms with Crippen molar-refractivity contribution in [3.8, 4) is 0 Å². The third kappa shape index (κ3) is 2.34. The van der Waals surface area contributed by atoms with Crippen molar-refractivity contribution in [1.29, 1.82) is 0 Å². The van der Waals surface area contributed by atoms with Gasteiger partial charge in [-0.2, -0.15) is 0 Å². The number of benzene rings is 1. The lowest BCUT2D eigenvalue weighted by atomic mass is 9.82. The molecule has 0 aliphatic heterocycles. The van der Waals surface area contributed by atoms with Gasteiger partial charge in [0.1, 0.15) is 5.82 Å². The van der Waals surface area contributed by atoms with Crippen molar-refractivity contribution in [2.75, 3.05) is 0 Å². The highest BCUT2D eigenvalue weighted by atomic mass is 35.5. The fourth-order valence-corrected chi connectivity index (χ4v) is 2.90. The molecule has 0 amide bonds. The number of nitrogens with zero attached hydrogens (tertiary/aromatic N) is 1. The molecule has 102 valence electrons. The molecule has 4 heteroatoms. The highest BCUT2D eigenvalue weighted by molar-refractivity contribution is 6.30. The lowest BCUT2D eigenvalue weighted by Crippen LogP contribution is -2.21. The van der Waals surface area contributed by atoms with Crippen molar-refractivity contribution in [3.05, 3.63) is 64.2 Å². The van der Waals surface area contributed by atoms with Crippen LogP contribution in [0.15, 0.2) is 36.5 Å². The van der Waals surface area contributed by atoms with Gasteiger partial charge in [-0.1, -0.05) is 17.7 Å². The molecule has 0 radical (unpaired) electrons. The van der Waals surface area contributed by atoms with Crippen LogP contribution in [-0.2, 0) is 6.42 Å². The fraction of sp³-hybridized carbons (Fsp3) is 0.250. The second kappa shape index (κ2) is 5.33. The van der Waals surface area contributed by atoms with E-state index < -0.39 is 5.82 Å². The van der Waals surface area contributed by atoms with Crippen LogP contribution in [0.25, 0.3) is 0 Å². The molecule has 0 spiro atoms. The Morgan fingerprint density at radius 1 is 1.35 bits per heavy atom. The summed E-state index contributed by atoms with van der Waals surface area (Å²) in [6.07, 6.45) is 4.24. The summed E-state index contributed by atoms with van der Waals surface area (Å²) in [6, 6.07) is 8.03. The first-order chi connectivity index (χ1) is 9.66. The maximum atomic E-state index is 13.9. The molecule has 2 aromatic rings. The average molecular weight is 290 g/mol. The molecule has 20 heavy (non-hydrogen) atoms. The summed E-state index contributed by atoms with van der Waals surface area (Å²) in [7, 11) is 0. The van der Waals surface area contributed by atoms with Crippen LogP contribution in [0.4, 0.5) is 4.39 Å². The lowest BCUT2D eigenvalue weighted by Gasteiger charge is -2.23. The van der Waals surface area contributed by atoms with E-state index in [9.17, 15) is 9.18 Å². The number of carbonyl (C=O) groups excluding carboxylic acids is 1. The van der Waals surface area contributed by atoms with Crippen LogP contribution < -0.4 is 0 Å². The first-order valence-electron chi connectivity index (χ1n) is 6.60. The topological polar surface area (TPSA) is 30.0 Å². The third-order valence-electron chi connectivity index (χ3n) is 3.71. The summed E-state index contributed by atoms with van der Waals surface area (Å²) in [5.41, 5.74) is 1.97. The van der Waals surface area contributed by atoms with E-state index in [-0.39, 0.29) is 17.3 Å². The van der Waals surface area contributed by atoms with Gasteiger partial charge in [-0.05, 0) is 49.1 Å². The van der Waals surface area contributed by atoms with Crippen LogP contribution in [0.5, 0.6) is 0 Å². The fourth-order valence-electron chi connectivity index (χ4n) is 2.74. The van der Waals surface area contributed by atoms with Gasteiger partial charge >= 0.3 is 0 Å². The van der Waals surface area contributed by atoms with Crippen molar-refractivity contribution >= 4 is 17.4 Å². The van der Waals surface area contributed by atoms with Gasteiger partial charge in [-0.25, -0.2) is 4.39 Å². The smallest absolute Gasteiger partial charge is 0.174 e. The zero-order chi connectivity index (χ0) is 14.1. The van der Waals surface area contributed by atoms with E-state index in [1.807, 2.05) is 12.1 Å². The van der Waals surface area contributed by atoms with Crippen LogP contribution >= 0.6 is 11.6 Å². The van der Waals surface area contributed by atoms with Gasteiger partial charge in [-0.3, -0.25) is 9.78 Å². The number of hydrogen-bond acceptors (Lipinski definition) is 2. The molecule has 1 atom stereocenters. The Kier molecular flexibility index (Phi) is 3.53. The molecule has 1 heterocycles. The van der Waals surface area contributed by atoms with Crippen molar-refractivity contribution in [2.45, 2.75) is 25.2 Å². The molecule has 1 aromatic carbocycles. The monoisotopic (exact) mass is 289 g/mol. The van der Waals surface area contributed by atoms with Gasteiger partial charge in [0, 0.05) is 11.2 Å². The molecular formula is C16H13ClFNO. The third-order valence-corrected chi connectivity index (χ3v) is 3.94.